The van der Waals surface area contributed by atoms with Gasteiger partial charge in [0.15, 0.2) is 5.82 Å². The van der Waals surface area contributed by atoms with Crippen LogP contribution in [0.4, 0.5) is 0 Å². The first-order valence-corrected chi connectivity index (χ1v) is 16.6. The van der Waals surface area contributed by atoms with Crippen molar-refractivity contribution in [2.75, 3.05) is 0 Å². The lowest BCUT2D eigenvalue weighted by molar-refractivity contribution is 1.18. The zero-order valence-electron chi connectivity index (χ0n) is 34.9. The van der Waals surface area contributed by atoms with Crippen LogP contribution in [0, 0.1) is 0 Å². The van der Waals surface area contributed by atoms with Crippen molar-refractivity contribution in [2.45, 2.75) is 0 Å². The maximum absolute atomic E-state index is 8.77. The molecule has 0 fully saturated rings. The van der Waals surface area contributed by atoms with Crippen LogP contribution in [-0.4, -0.2) is 9.97 Å². The second-order valence-electron chi connectivity index (χ2n) is 11.6. The number of nitrogens with zero attached hydrogens (tertiary/aromatic N) is 2. The third-order valence-corrected chi connectivity index (χ3v) is 9.66. The number of thiophene rings is 1. The number of benzene rings is 7. The molecular formula is C46H30N2S. The number of fused-ring (bicyclic) bond motifs is 3. The Morgan fingerprint density at radius 1 is 0.367 bits per heavy atom. The lowest BCUT2D eigenvalue weighted by Crippen LogP contribution is -1.97. The fourth-order valence-electron chi connectivity index (χ4n) is 6.14. The highest BCUT2D eigenvalue weighted by Gasteiger charge is 2.14. The minimum Gasteiger partial charge on any atom is -0.228 e. The van der Waals surface area contributed by atoms with Crippen LogP contribution in [0.3, 0.4) is 0 Å². The van der Waals surface area contributed by atoms with Gasteiger partial charge in [-0.2, -0.15) is 0 Å². The fourth-order valence-corrected chi connectivity index (χ4v) is 7.23. The molecule has 9 aromatic rings. The van der Waals surface area contributed by atoms with Crippen molar-refractivity contribution in [1.82, 2.24) is 9.97 Å². The fraction of sp³-hybridized carbons (Fsp3) is 0. The molecule has 0 spiro atoms. The van der Waals surface area contributed by atoms with Gasteiger partial charge in [-0.05, 0) is 81.9 Å². The molecule has 9 rings (SSSR count). The second kappa shape index (κ2) is 12.5. The van der Waals surface area contributed by atoms with Crippen molar-refractivity contribution >= 4 is 31.5 Å². The van der Waals surface area contributed by atoms with Crippen LogP contribution in [0.25, 0.3) is 87.5 Å². The molecule has 0 aliphatic heterocycles. The average Bonchev–Trinajstić information content (AvgIpc) is 3.63. The van der Waals surface area contributed by atoms with E-state index >= 15 is 0 Å². The van der Waals surface area contributed by atoms with Gasteiger partial charge in [0.1, 0.15) is 0 Å². The molecule has 0 aliphatic rings. The van der Waals surface area contributed by atoms with E-state index in [0.717, 1.165) is 33.4 Å². The highest BCUT2D eigenvalue weighted by atomic mass is 32.1. The largest absolute Gasteiger partial charge is 0.228 e. The van der Waals surface area contributed by atoms with Crippen molar-refractivity contribution in [3.05, 3.63) is 182 Å². The monoisotopic (exact) mass is 651 g/mol. The van der Waals surface area contributed by atoms with Gasteiger partial charge in [0.05, 0.1) is 23.7 Å². The van der Waals surface area contributed by atoms with E-state index in [-0.39, 0.29) is 40.4 Å². The zero-order valence-corrected chi connectivity index (χ0v) is 26.7. The summed E-state index contributed by atoms with van der Waals surface area (Å²) >= 11 is 1.77. The summed E-state index contributed by atoms with van der Waals surface area (Å²) < 4.78 is 78.5. The van der Waals surface area contributed by atoms with Crippen LogP contribution in [-0.2, 0) is 0 Å². The Hall–Kier alpha value is -6.16. The Balaban J connectivity index is 1.26. The van der Waals surface area contributed by atoms with Gasteiger partial charge in [-0.25, -0.2) is 9.97 Å². The Labute approximate surface area is 302 Å². The molecule has 0 radical (unpaired) electrons. The molecular weight excluding hydrogens is 613 g/mol. The first-order chi connectivity index (χ1) is 28.0. The van der Waals surface area contributed by atoms with E-state index in [4.69, 9.17) is 22.3 Å². The van der Waals surface area contributed by atoms with Crippen LogP contribution in [0.2, 0.25) is 0 Å². The maximum atomic E-state index is 8.77. The van der Waals surface area contributed by atoms with Crippen LogP contribution >= 0.6 is 11.3 Å². The van der Waals surface area contributed by atoms with Crippen LogP contribution < -0.4 is 0 Å². The SMILES string of the molecule is [2H]c1cc(-c2cc(-c3c([2H])c([2H])c([2H])c([2H])c3[2H])nc(-c3cc(-c4ccccc4)cc(-c4cccc(-c5ccc6sc7ccccc7c6c5)c4)c3)n2)c([2H])c([2H])c1[2H]. The van der Waals surface area contributed by atoms with Gasteiger partial charge in [0.2, 0.25) is 0 Å². The van der Waals surface area contributed by atoms with Gasteiger partial charge in [-0.1, -0.05) is 133 Å². The normalized spacial score (nSPS) is 13.8. The van der Waals surface area contributed by atoms with Crippen molar-refractivity contribution in [3.8, 4) is 67.3 Å². The number of rotatable bonds is 6. The summed E-state index contributed by atoms with van der Waals surface area (Å²) in [6.07, 6.45) is 0. The number of aromatic nitrogens is 2. The summed E-state index contributed by atoms with van der Waals surface area (Å²) in [6.45, 7) is 0. The van der Waals surface area contributed by atoms with Crippen LogP contribution in [0.5, 0.6) is 0 Å². The third-order valence-electron chi connectivity index (χ3n) is 8.51. The van der Waals surface area contributed by atoms with E-state index in [1.807, 2.05) is 54.6 Å². The van der Waals surface area contributed by atoms with Gasteiger partial charge in [0.25, 0.3) is 0 Å². The molecule has 0 bridgehead atoms. The van der Waals surface area contributed by atoms with E-state index in [0.29, 0.717) is 5.56 Å². The highest BCUT2D eigenvalue weighted by Crippen LogP contribution is 2.38. The lowest BCUT2D eigenvalue weighted by Gasteiger charge is -2.13. The molecule has 0 saturated carbocycles. The predicted octanol–water partition coefficient (Wildman–Crippen LogP) is 12.8. The van der Waals surface area contributed by atoms with Gasteiger partial charge >= 0.3 is 0 Å². The minimum atomic E-state index is -0.545. The smallest absolute Gasteiger partial charge is 0.160 e. The van der Waals surface area contributed by atoms with E-state index < -0.39 is 42.3 Å². The molecule has 7 aromatic carbocycles. The molecule has 0 unspecified atom stereocenters. The number of hydrogen-bond acceptors (Lipinski definition) is 3. The van der Waals surface area contributed by atoms with Gasteiger partial charge in [-0.3, -0.25) is 0 Å². The molecule has 2 aromatic heterocycles. The Morgan fingerprint density at radius 2 is 0.959 bits per heavy atom. The van der Waals surface area contributed by atoms with Crippen molar-refractivity contribution in [2.24, 2.45) is 0 Å². The topological polar surface area (TPSA) is 25.8 Å². The first-order valence-electron chi connectivity index (χ1n) is 20.2. The molecule has 0 saturated heterocycles. The Kier molecular flexibility index (Phi) is 5.33. The van der Waals surface area contributed by atoms with Crippen LogP contribution in [0.1, 0.15) is 12.3 Å². The molecule has 3 heteroatoms. The average molecular weight is 652 g/mol. The molecule has 2 nitrogen and oxygen atoms in total. The molecule has 0 N–H and O–H groups in total. The van der Waals surface area contributed by atoms with Crippen LogP contribution in [0.15, 0.2) is 182 Å². The standard InChI is InChI=1S/C46H30N2S/c1-4-13-31(14-5-1)37-26-38(35-20-12-19-34(25-35)36-23-24-45-41(29-36)40-21-10-11-22-44(40)49-45)28-39(27-37)46-47-42(32-15-6-2-7-16-32)30-43(48-46)33-17-8-3-9-18-33/h1-30H/i2D,3D,6D,7D,8D,9D,15D,16D,17D. The van der Waals surface area contributed by atoms with E-state index in [9.17, 15) is 0 Å². The predicted molar refractivity (Wildman–Crippen MR) is 208 cm³/mol. The third kappa shape index (κ3) is 5.71. The quantitative estimate of drug-likeness (QED) is 0.179. The molecule has 230 valence electrons. The summed E-state index contributed by atoms with van der Waals surface area (Å²) in [5.41, 5.74) is 6.23. The van der Waals surface area contributed by atoms with E-state index in [1.165, 1.54) is 32.3 Å². The minimum absolute atomic E-state index is 0.00872. The summed E-state index contributed by atoms with van der Waals surface area (Å²) in [4.78, 5) is 9.70. The van der Waals surface area contributed by atoms with Gasteiger partial charge in [-0.15, -0.1) is 11.3 Å². The summed E-state index contributed by atoms with van der Waals surface area (Å²) in [5, 5.41) is 2.42. The molecule has 0 aliphatic carbocycles. The molecule has 0 atom stereocenters. The van der Waals surface area contributed by atoms with Gasteiger partial charge in [0, 0.05) is 36.9 Å². The van der Waals surface area contributed by atoms with Crippen molar-refractivity contribution in [3.63, 3.8) is 0 Å². The first kappa shape index (κ1) is 20.9. The lowest BCUT2D eigenvalue weighted by atomic mass is 9.93. The van der Waals surface area contributed by atoms with Crippen molar-refractivity contribution in [1.29, 1.82) is 0 Å². The Bertz CT molecular complexity index is 3100. The molecule has 0 amide bonds. The summed E-state index contributed by atoms with van der Waals surface area (Å²) in [7, 11) is 0. The Morgan fingerprint density at radius 3 is 1.80 bits per heavy atom. The highest BCUT2D eigenvalue weighted by molar-refractivity contribution is 7.25. The zero-order chi connectivity index (χ0) is 40.4. The maximum Gasteiger partial charge on any atom is 0.160 e. The van der Waals surface area contributed by atoms with Crippen molar-refractivity contribution < 1.29 is 12.3 Å². The molecule has 49 heavy (non-hydrogen) atoms. The van der Waals surface area contributed by atoms with E-state index in [2.05, 4.69) is 60.7 Å². The summed E-state index contributed by atoms with van der Waals surface area (Å²) in [5.74, 6) is 0.136. The number of hydrogen-bond donors (Lipinski definition) is 0. The van der Waals surface area contributed by atoms with Gasteiger partial charge < -0.3 is 0 Å². The summed E-state index contributed by atoms with van der Waals surface area (Å²) in [6, 6.07) is 37.7. The second-order valence-corrected chi connectivity index (χ2v) is 12.7. The molecule has 2 heterocycles. The van der Waals surface area contributed by atoms with E-state index in [1.54, 1.807) is 11.3 Å².